The van der Waals surface area contributed by atoms with Crippen LogP contribution in [0, 0.1) is 0 Å². The van der Waals surface area contributed by atoms with Gasteiger partial charge in [0.1, 0.15) is 5.75 Å². The zero-order valence-corrected chi connectivity index (χ0v) is 11.1. The minimum atomic E-state index is 0.510. The van der Waals surface area contributed by atoms with Gasteiger partial charge in [0.25, 0.3) is 0 Å². The number of hydrogen-bond donors (Lipinski definition) is 0. The minimum absolute atomic E-state index is 0.510. The van der Waals surface area contributed by atoms with Gasteiger partial charge in [-0.15, -0.1) is 0 Å². The molecule has 4 heteroatoms. The maximum absolute atomic E-state index is 11.1. The summed E-state index contributed by atoms with van der Waals surface area (Å²) in [6, 6.07) is 10.4. The van der Waals surface area contributed by atoms with Crippen molar-refractivity contribution in [2.24, 2.45) is 0 Å². The van der Waals surface area contributed by atoms with Crippen molar-refractivity contribution in [3.8, 4) is 16.9 Å². The number of halogens is 2. The first-order valence-corrected chi connectivity index (χ1v) is 6.00. The molecule has 92 valence electrons. The SMILES string of the molecule is COc1ccc(-c2ccc(Cl)cc2Cl)c(C=O)c1. The lowest BCUT2D eigenvalue weighted by Crippen LogP contribution is -1.91. The van der Waals surface area contributed by atoms with E-state index in [1.54, 1.807) is 43.5 Å². The van der Waals surface area contributed by atoms with E-state index in [1.807, 2.05) is 0 Å². The van der Waals surface area contributed by atoms with E-state index in [0.29, 0.717) is 21.4 Å². The number of hydrogen-bond acceptors (Lipinski definition) is 2. The van der Waals surface area contributed by atoms with Crippen molar-refractivity contribution >= 4 is 29.5 Å². The fourth-order valence-corrected chi connectivity index (χ4v) is 2.23. The Kier molecular flexibility index (Phi) is 3.90. The number of carbonyl (C=O) groups excluding carboxylic acids is 1. The van der Waals surface area contributed by atoms with E-state index in [-0.39, 0.29) is 0 Å². The Balaban J connectivity index is 2.59. The van der Waals surface area contributed by atoms with Crippen LogP contribution >= 0.6 is 23.2 Å². The standard InChI is InChI=1S/C14H10Cl2O2/c1-18-11-3-5-12(9(6-11)8-17)13-4-2-10(15)7-14(13)16/h2-8H,1H3. The normalized spacial score (nSPS) is 10.2. The fraction of sp³-hybridized carbons (Fsp3) is 0.0714. The van der Waals surface area contributed by atoms with Crippen molar-refractivity contribution in [1.82, 2.24) is 0 Å². The Morgan fingerprint density at radius 2 is 1.78 bits per heavy atom. The molecule has 2 rings (SSSR count). The molecule has 0 saturated heterocycles. The summed E-state index contributed by atoms with van der Waals surface area (Å²) in [5.74, 6) is 0.630. The molecule has 2 aromatic rings. The minimum Gasteiger partial charge on any atom is -0.497 e. The number of carbonyl (C=O) groups is 1. The second-order valence-corrected chi connectivity index (χ2v) is 4.54. The highest BCUT2D eigenvalue weighted by Crippen LogP contribution is 2.33. The van der Waals surface area contributed by atoms with Gasteiger partial charge in [-0.1, -0.05) is 29.3 Å². The molecule has 0 fully saturated rings. The van der Waals surface area contributed by atoms with Crippen LogP contribution in [0.1, 0.15) is 10.4 Å². The molecule has 0 aromatic heterocycles. The third-order valence-electron chi connectivity index (χ3n) is 2.61. The highest BCUT2D eigenvalue weighted by Gasteiger charge is 2.10. The Morgan fingerprint density at radius 1 is 1.06 bits per heavy atom. The summed E-state index contributed by atoms with van der Waals surface area (Å²) in [5.41, 5.74) is 2.05. The Hall–Kier alpha value is -1.51. The first-order chi connectivity index (χ1) is 8.65. The number of benzene rings is 2. The molecule has 0 radical (unpaired) electrons. The molecule has 0 saturated carbocycles. The number of methoxy groups -OCH3 is 1. The molecule has 0 spiro atoms. The molecule has 0 amide bonds. The van der Waals surface area contributed by atoms with Gasteiger partial charge in [-0.05, 0) is 35.9 Å². The molecule has 2 nitrogen and oxygen atoms in total. The van der Waals surface area contributed by atoms with Crippen LogP contribution < -0.4 is 4.74 Å². The van der Waals surface area contributed by atoms with Crippen molar-refractivity contribution in [1.29, 1.82) is 0 Å². The van der Waals surface area contributed by atoms with Crippen LogP contribution in [0.2, 0.25) is 10.0 Å². The van der Waals surface area contributed by atoms with E-state index in [9.17, 15) is 4.79 Å². The molecule has 18 heavy (non-hydrogen) atoms. The average molecular weight is 281 g/mol. The number of ether oxygens (including phenoxy) is 1. The molecule has 0 heterocycles. The predicted molar refractivity (Wildman–Crippen MR) is 73.8 cm³/mol. The Bertz CT molecular complexity index is 594. The third kappa shape index (κ3) is 2.50. The van der Waals surface area contributed by atoms with Gasteiger partial charge in [0, 0.05) is 21.2 Å². The average Bonchev–Trinajstić information content (AvgIpc) is 2.38. The second kappa shape index (κ2) is 5.42. The van der Waals surface area contributed by atoms with E-state index in [1.165, 1.54) is 0 Å². The molecule has 0 bridgehead atoms. The van der Waals surface area contributed by atoms with Gasteiger partial charge in [0.2, 0.25) is 0 Å². The first kappa shape index (κ1) is 12.9. The van der Waals surface area contributed by atoms with Crippen molar-refractivity contribution < 1.29 is 9.53 Å². The van der Waals surface area contributed by atoms with Gasteiger partial charge in [0.15, 0.2) is 6.29 Å². The molecule has 0 N–H and O–H groups in total. The maximum Gasteiger partial charge on any atom is 0.150 e. The van der Waals surface area contributed by atoms with Crippen molar-refractivity contribution in [3.05, 3.63) is 52.0 Å². The summed E-state index contributed by atoms with van der Waals surface area (Å²) < 4.78 is 5.08. The van der Waals surface area contributed by atoms with Crippen molar-refractivity contribution in [2.45, 2.75) is 0 Å². The quantitative estimate of drug-likeness (QED) is 0.775. The smallest absolute Gasteiger partial charge is 0.150 e. The lowest BCUT2D eigenvalue weighted by molar-refractivity contribution is 0.112. The molecular formula is C14H10Cl2O2. The van der Waals surface area contributed by atoms with Gasteiger partial charge in [0.05, 0.1) is 7.11 Å². The fourth-order valence-electron chi connectivity index (χ4n) is 1.72. The van der Waals surface area contributed by atoms with E-state index in [0.717, 1.165) is 17.4 Å². The van der Waals surface area contributed by atoms with Gasteiger partial charge in [-0.3, -0.25) is 4.79 Å². The summed E-state index contributed by atoms with van der Waals surface area (Å²) >= 11 is 12.0. The largest absolute Gasteiger partial charge is 0.497 e. The predicted octanol–water partition coefficient (Wildman–Crippen LogP) is 4.48. The highest BCUT2D eigenvalue weighted by atomic mass is 35.5. The van der Waals surface area contributed by atoms with Crippen LogP contribution in [0.3, 0.4) is 0 Å². The van der Waals surface area contributed by atoms with E-state index < -0.39 is 0 Å². The Labute approximate surface area is 115 Å². The van der Waals surface area contributed by atoms with E-state index in [4.69, 9.17) is 27.9 Å². The third-order valence-corrected chi connectivity index (χ3v) is 3.15. The molecule has 0 aliphatic carbocycles. The van der Waals surface area contributed by atoms with Gasteiger partial charge < -0.3 is 4.74 Å². The maximum atomic E-state index is 11.1. The summed E-state index contributed by atoms with van der Waals surface area (Å²) in [7, 11) is 1.55. The lowest BCUT2D eigenvalue weighted by Gasteiger charge is -2.09. The first-order valence-electron chi connectivity index (χ1n) is 5.24. The summed E-state index contributed by atoms with van der Waals surface area (Å²) in [5, 5.41) is 1.07. The van der Waals surface area contributed by atoms with Crippen molar-refractivity contribution in [2.75, 3.05) is 7.11 Å². The number of rotatable bonds is 3. The molecule has 0 aliphatic heterocycles. The zero-order chi connectivity index (χ0) is 13.1. The van der Waals surface area contributed by atoms with Crippen LogP contribution in [0.4, 0.5) is 0 Å². The van der Waals surface area contributed by atoms with E-state index >= 15 is 0 Å². The molecule has 0 unspecified atom stereocenters. The van der Waals surface area contributed by atoms with Gasteiger partial charge in [-0.25, -0.2) is 0 Å². The van der Waals surface area contributed by atoms with Crippen molar-refractivity contribution in [3.63, 3.8) is 0 Å². The van der Waals surface area contributed by atoms with Crippen LogP contribution in [-0.2, 0) is 0 Å². The van der Waals surface area contributed by atoms with Gasteiger partial charge >= 0.3 is 0 Å². The second-order valence-electron chi connectivity index (χ2n) is 3.70. The highest BCUT2D eigenvalue weighted by molar-refractivity contribution is 6.36. The van der Waals surface area contributed by atoms with Crippen LogP contribution in [-0.4, -0.2) is 13.4 Å². The summed E-state index contributed by atoms with van der Waals surface area (Å²) in [4.78, 5) is 11.1. The zero-order valence-electron chi connectivity index (χ0n) is 9.61. The number of aldehydes is 1. The summed E-state index contributed by atoms with van der Waals surface area (Å²) in [6.07, 6.45) is 0.781. The molecule has 2 aromatic carbocycles. The Morgan fingerprint density at radius 3 is 2.39 bits per heavy atom. The monoisotopic (exact) mass is 280 g/mol. The summed E-state index contributed by atoms with van der Waals surface area (Å²) in [6.45, 7) is 0. The van der Waals surface area contributed by atoms with Gasteiger partial charge in [-0.2, -0.15) is 0 Å². The van der Waals surface area contributed by atoms with Crippen LogP contribution in [0.15, 0.2) is 36.4 Å². The topological polar surface area (TPSA) is 26.3 Å². The van der Waals surface area contributed by atoms with Crippen LogP contribution in [0.5, 0.6) is 5.75 Å². The molecule has 0 atom stereocenters. The molecular weight excluding hydrogens is 271 g/mol. The van der Waals surface area contributed by atoms with E-state index in [2.05, 4.69) is 0 Å². The molecule has 0 aliphatic rings. The lowest BCUT2D eigenvalue weighted by atomic mass is 10.00. The van der Waals surface area contributed by atoms with Crippen LogP contribution in [0.25, 0.3) is 11.1 Å².